The number of hydrogen-bond donors (Lipinski definition) is 4. The Morgan fingerprint density at radius 1 is 0.677 bits per heavy atom. The molecule has 1 aliphatic carbocycles. The van der Waals surface area contributed by atoms with Crippen LogP contribution in [0.3, 0.4) is 0 Å². The number of nitrogens with one attached hydrogen (secondary N) is 2. The first kappa shape index (κ1) is 47.1. The summed E-state index contributed by atoms with van der Waals surface area (Å²) in [5.74, 6) is 1.36. The van der Waals surface area contributed by atoms with Crippen LogP contribution in [0, 0.1) is 10.8 Å². The molecule has 2 atom stereocenters. The van der Waals surface area contributed by atoms with Crippen LogP contribution in [0.4, 0.5) is 0 Å². The maximum Gasteiger partial charge on any atom is 0.296 e. The molecule has 2 fully saturated rings. The fraction of sp³-hybridized carbons (Fsp3) is 0.519. The molecule has 3 aromatic carbocycles. The molecular formula is C52H70N10O3. The number of aromatic nitrogens is 4. The first-order valence-electron chi connectivity index (χ1n) is 24.0. The number of Topliss-reactive ketones (excluding diaryl/α,β-unsaturated/α-hetero) is 1. The predicted molar refractivity (Wildman–Crippen MR) is 257 cm³/mol. The Bertz CT molecular complexity index is 2380. The van der Waals surface area contributed by atoms with Crippen molar-refractivity contribution >= 4 is 17.7 Å². The molecule has 6 N–H and O–H groups in total. The molecule has 346 valence electrons. The van der Waals surface area contributed by atoms with Crippen molar-refractivity contribution in [3.63, 3.8) is 0 Å². The van der Waals surface area contributed by atoms with E-state index in [0.717, 1.165) is 56.2 Å². The number of carbonyl (C=O) groups excluding carboxylic acids is 1. The van der Waals surface area contributed by atoms with Crippen LogP contribution >= 0.6 is 0 Å². The van der Waals surface area contributed by atoms with E-state index in [2.05, 4.69) is 109 Å². The minimum atomic E-state index is -0.486. The van der Waals surface area contributed by atoms with Crippen LogP contribution in [-0.2, 0) is 36.5 Å². The van der Waals surface area contributed by atoms with Crippen molar-refractivity contribution < 1.29 is 13.8 Å². The van der Waals surface area contributed by atoms with Crippen molar-refractivity contribution in [3.05, 3.63) is 106 Å². The van der Waals surface area contributed by atoms with Gasteiger partial charge in [0.05, 0.1) is 0 Å². The quantitative estimate of drug-likeness (QED) is 0.0318. The molecule has 4 heterocycles. The van der Waals surface area contributed by atoms with Gasteiger partial charge in [0.15, 0.2) is 11.9 Å². The minimum Gasteiger partial charge on any atom is -0.370 e. The van der Waals surface area contributed by atoms with E-state index in [4.69, 9.17) is 31.3 Å². The third-order valence-corrected chi connectivity index (χ3v) is 13.9. The number of unbranched alkanes of at least 4 members (excludes halogenated alkanes) is 5. The van der Waals surface area contributed by atoms with Crippen molar-refractivity contribution in [2.24, 2.45) is 11.5 Å². The van der Waals surface area contributed by atoms with Gasteiger partial charge < -0.3 is 30.3 Å². The zero-order valence-electron chi connectivity index (χ0n) is 39.3. The van der Waals surface area contributed by atoms with Crippen molar-refractivity contribution in [2.75, 3.05) is 13.1 Å². The molecule has 5 aromatic rings. The van der Waals surface area contributed by atoms with Gasteiger partial charge in [-0.05, 0) is 103 Å². The summed E-state index contributed by atoms with van der Waals surface area (Å²) in [7, 11) is 0. The highest BCUT2D eigenvalue weighted by atomic mass is 16.5. The highest BCUT2D eigenvalue weighted by Gasteiger charge is 2.37. The van der Waals surface area contributed by atoms with E-state index in [1.807, 2.05) is 17.0 Å². The van der Waals surface area contributed by atoms with Gasteiger partial charge in [0.25, 0.3) is 5.89 Å². The number of guanidine groups is 2. The summed E-state index contributed by atoms with van der Waals surface area (Å²) in [4.78, 5) is 25.1. The lowest BCUT2D eigenvalue weighted by Gasteiger charge is -2.42. The van der Waals surface area contributed by atoms with Crippen molar-refractivity contribution in [1.29, 1.82) is 10.8 Å². The van der Waals surface area contributed by atoms with Crippen molar-refractivity contribution in [3.8, 4) is 22.8 Å². The number of fused-ring (bicyclic) bond motifs is 1. The Morgan fingerprint density at radius 3 is 1.91 bits per heavy atom. The Labute approximate surface area is 385 Å². The zero-order chi connectivity index (χ0) is 46.1. The lowest BCUT2D eigenvalue weighted by atomic mass is 9.63. The molecule has 2 saturated heterocycles. The summed E-state index contributed by atoms with van der Waals surface area (Å²) in [5.41, 5.74) is 20.6. The van der Waals surface area contributed by atoms with Crippen LogP contribution in [0.5, 0.6) is 0 Å². The van der Waals surface area contributed by atoms with Gasteiger partial charge in [-0.15, -0.1) is 0 Å². The Morgan fingerprint density at radius 2 is 1.23 bits per heavy atom. The van der Waals surface area contributed by atoms with Crippen LogP contribution in [0.1, 0.15) is 156 Å². The van der Waals surface area contributed by atoms with Crippen LogP contribution in [0.15, 0.2) is 75.8 Å². The fourth-order valence-corrected chi connectivity index (χ4v) is 9.76. The Balaban J connectivity index is 0.000000199. The van der Waals surface area contributed by atoms with E-state index in [0.29, 0.717) is 36.9 Å². The highest BCUT2D eigenvalue weighted by molar-refractivity contribution is 5.99. The second-order valence-corrected chi connectivity index (χ2v) is 19.7. The summed E-state index contributed by atoms with van der Waals surface area (Å²) >= 11 is 0. The molecule has 2 aliphatic heterocycles. The number of nitrogens with zero attached hydrogens (tertiary/aromatic N) is 6. The zero-order valence-corrected chi connectivity index (χ0v) is 39.3. The van der Waals surface area contributed by atoms with E-state index in [9.17, 15) is 4.79 Å². The number of benzene rings is 3. The summed E-state index contributed by atoms with van der Waals surface area (Å²) in [6, 6.07) is 23.5. The molecule has 0 bridgehead atoms. The molecule has 8 rings (SSSR count). The Kier molecular flexibility index (Phi) is 15.2. The molecular weight excluding hydrogens is 813 g/mol. The molecule has 13 heteroatoms. The Hall–Kier alpha value is -5.85. The second kappa shape index (κ2) is 21.0. The minimum absolute atomic E-state index is 0.0192. The average Bonchev–Trinajstić information content (AvgIpc) is 4.15. The lowest BCUT2D eigenvalue weighted by Crippen LogP contribution is -2.44. The van der Waals surface area contributed by atoms with E-state index in [1.54, 1.807) is 4.90 Å². The second-order valence-electron chi connectivity index (χ2n) is 19.7. The number of nitrogens with two attached hydrogens (primary N) is 2. The smallest absolute Gasteiger partial charge is 0.296 e. The normalized spacial score (nSPS) is 18.5. The van der Waals surface area contributed by atoms with Gasteiger partial charge in [-0.3, -0.25) is 15.6 Å². The van der Waals surface area contributed by atoms with Crippen molar-refractivity contribution in [1.82, 2.24) is 30.1 Å². The van der Waals surface area contributed by atoms with Crippen LogP contribution in [0.2, 0.25) is 0 Å². The fourth-order valence-electron chi connectivity index (χ4n) is 9.76. The maximum absolute atomic E-state index is 12.7. The summed E-state index contributed by atoms with van der Waals surface area (Å²) < 4.78 is 10.7. The number of hydrogen-bond acceptors (Lipinski definition) is 9. The van der Waals surface area contributed by atoms with Gasteiger partial charge in [-0.25, -0.2) is 0 Å². The van der Waals surface area contributed by atoms with E-state index >= 15 is 0 Å². The molecule has 1 unspecified atom stereocenters. The van der Waals surface area contributed by atoms with E-state index in [1.165, 1.54) is 79.2 Å². The van der Waals surface area contributed by atoms with E-state index in [-0.39, 0.29) is 40.5 Å². The molecule has 0 spiro atoms. The predicted octanol–water partition coefficient (Wildman–Crippen LogP) is 9.95. The van der Waals surface area contributed by atoms with Crippen LogP contribution in [0.25, 0.3) is 22.8 Å². The van der Waals surface area contributed by atoms with Gasteiger partial charge in [0, 0.05) is 36.7 Å². The lowest BCUT2D eigenvalue weighted by molar-refractivity contribution is 0.0867. The number of likely N-dealkylation sites (tertiary alicyclic amines) is 2. The van der Waals surface area contributed by atoms with Crippen LogP contribution < -0.4 is 11.5 Å². The largest absolute Gasteiger partial charge is 0.370 e. The molecule has 65 heavy (non-hydrogen) atoms. The first-order chi connectivity index (χ1) is 31.2. The third-order valence-electron chi connectivity index (χ3n) is 13.9. The molecule has 0 saturated carbocycles. The standard InChI is InChI=1S/C30H39N5O.C22H31N5O2/c1-29(2)15-16-30(3,4)25-18-21(11-14-24(25)29)8-7-20-9-12-22(13-10-20)27-33-26(36-34-27)19-23-6-5-17-35(23)28(31)32;1-2-3-4-5-6-7-9-16-11-13-17(14-12-16)20-25-21(29-26-20)19(28)18-10-8-15-27(18)22(23)24/h9-14,18,23H,5-8,15-17,19H2,1-4H3,(H3,31,32);11-14,18H,2-10,15H2,1H3,(H3,23,24)/t23-;/m0./s1. The third kappa shape index (κ3) is 11.7. The average molecular weight is 883 g/mol. The maximum atomic E-state index is 12.7. The molecule has 0 amide bonds. The highest BCUT2D eigenvalue weighted by Crippen LogP contribution is 2.46. The van der Waals surface area contributed by atoms with Gasteiger partial charge >= 0.3 is 0 Å². The molecule has 13 nitrogen and oxygen atoms in total. The van der Waals surface area contributed by atoms with Gasteiger partial charge in [0.2, 0.25) is 23.3 Å². The summed E-state index contributed by atoms with van der Waals surface area (Å²) in [6.45, 7) is 13.2. The first-order valence-corrected chi connectivity index (χ1v) is 24.0. The van der Waals surface area contributed by atoms with Crippen molar-refractivity contribution in [2.45, 2.75) is 160 Å². The number of rotatable bonds is 16. The number of carbonyl (C=O) groups is 1. The number of aryl methyl sites for hydroxylation is 3. The monoisotopic (exact) mass is 883 g/mol. The molecule has 3 aliphatic rings. The molecule has 0 radical (unpaired) electrons. The van der Waals surface area contributed by atoms with Crippen LogP contribution in [-0.4, -0.2) is 73.0 Å². The van der Waals surface area contributed by atoms with E-state index < -0.39 is 6.04 Å². The van der Waals surface area contributed by atoms with Gasteiger partial charge in [-0.1, -0.05) is 144 Å². The number of ketones is 1. The topological polar surface area (TPSA) is 201 Å². The molecule has 2 aromatic heterocycles. The van der Waals surface area contributed by atoms with Gasteiger partial charge in [0.1, 0.15) is 6.04 Å². The summed E-state index contributed by atoms with van der Waals surface area (Å²) in [6.07, 6.45) is 17.4. The van der Waals surface area contributed by atoms with Gasteiger partial charge in [-0.2, -0.15) is 9.97 Å². The SMILES string of the molecule is CC1(C)CCC(C)(C)c2cc(CCc3ccc(-c4noc(C[C@@H]5CCCN5C(=N)N)n4)cc3)ccc21.CCCCCCCCc1ccc(-c2noc(C(=O)C3CCCN3C(=N)N)n2)cc1. The summed E-state index contributed by atoms with van der Waals surface area (Å²) in [5, 5.41) is 23.5.